The van der Waals surface area contributed by atoms with E-state index in [2.05, 4.69) is 18.2 Å². The number of rotatable bonds is 3. The summed E-state index contributed by atoms with van der Waals surface area (Å²) in [5.41, 5.74) is 5.84. The van der Waals surface area contributed by atoms with Gasteiger partial charge < -0.3 is 0 Å². The maximum Gasteiger partial charge on any atom is 0.123 e. The molecule has 0 saturated carbocycles. The molecule has 2 heteroatoms. The molecule has 25 heavy (non-hydrogen) atoms. The molecule has 0 bridgehead atoms. The van der Waals surface area contributed by atoms with Crippen LogP contribution in [0.3, 0.4) is 0 Å². The van der Waals surface area contributed by atoms with E-state index >= 15 is 0 Å². The van der Waals surface area contributed by atoms with Crippen molar-refractivity contribution in [1.29, 1.82) is 0 Å². The number of benzene rings is 3. The summed E-state index contributed by atoms with van der Waals surface area (Å²) >= 11 is 0. The van der Waals surface area contributed by atoms with Gasteiger partial charge in [-0.05, 0) is 35.9 Å². The molecule has 0 aliphatic carbocycles. The predicted octanol–water partition coefficient (Wildman–Crippen LogP) is 6.22. The van der Waals surface area contributed by atoms with Gasteiger partial charge in [-0.2, -0.15) is 0 Å². The van der Waals surface area contributed by atoms with Gasteiger partial charge in [0.15, 0.2) is 0 Å². The van der Waals surface area contributed by atoms with Gasteiger partial charge in [0.25, 0.3) is 0 Å². The SMILES string of the molecule is Fc1ccc(-c2nc(-c3ccccc3)ccc2-c2ccccc2)cc1. The number of aromatic nitrogens is 1. The predicted molar refractivity (Wildman–Crippen MR) is 101 cm³/mol. The van der Waals surface area contributed by atoms with Crippen molar-refractivity contribution >= 4 is 0 Å². The minimum absolute atomic E-state index is 0.246. The number of hydrogen-bond acceptors (Lipinski definition) is 1. The molecule has 0 N–H and O–H groups in total. The van der Waals surface area contributed by atoms with Gasteiger partial charge in [0, 0.05) is 16.7 Å². The minimum Gasteiger partial charge on any atom is -0.247 e. The van der Waals surface area contributed by atoms with Crippen LogP contribution in [0.5, 0.6) is 0 Å². The van der Waals surface area contributed by atoms with Crippen molar-refractivity contribution in [3.8, 4) is 33.6 Å². The van der Waals surface area contributed by atoms with Crippen molar-refractivity contribution in [1.82, 2.24) is 4.98 Å². The second-order valence-electron chi connectivity index (χ2n) is 5.83. The Morgan fingerprint density at radius 3 is 1.76 bits per heavy atom. The Hall–Kier alpha value is -3.26. The quantitative estimate of drug-likeness (QED) is 0.435. The van der Waals surface area contributed by atoms with Crippen LogP contribution in [-0.4, -0.2) is 4.98 Å². The highest BCUT2D eigenvalue weighted by molar-refractivity contribution is 5.82. The minimum atomic E-state index is -0.246. The van der Waals surface area contributed by atoms with Crippen molar-refractivity contribution in [2.24, 2.45) is 0 Å². The highest BCUT2D eigenvalue weighted by Gasteiger charge is 2.11. The van der Waals surface area contributed by atoms with Gasteiger partial charge in [-0.1, -0.05) is 66.7 Å². The Bertz CT molecular complexity index is 977. The van der Waals surface area contributed by atoms with E-state index < -0.39 is 0 Å². The van der Waals surface area contributed by atoms with E-state index in [0.29, 0.717) is 0 Å². The summed E-state index contributed by atoms with van der Waals surface area (Å²) in [5, 5.41) is 0. The molecule has 1 heterocycles. The maximum absolute atomic E-state index is 13.3. The first-order valence-corrected chi connectivity index (χ1v) is 8.19. The van der Waals surface area contributed by atoms with Gasteiger partial charge in [0.2, 0.25) is 0 Å². The van der Waals surface area contributed by atoms with E-state index in [1.165, 1.54) is 12.1 Å². The smallest absolute Gasteiger partial charge is 0.123 e. The largest absolute Gasteiger partial charge is 0.247 e. The van der Waals surface area contributed by atoms with Crippen molar-refractivity contribution in [3.63, 3.8) is 0 Å². The number of pyridine rings is 1. The normalized spacial score (nSPS) is 10.6. The Labute approximate surface area is 146 Å². The lowest BCUT2D eigenvalue weighted by atomic mass is 9.98. The van der Waals surface area contributed by atoms with Gasteiger partial charge >= 0.3 is 0 Å². The fraction of sp³-hybridized carbons (Fsp3) is 0. The average Bonchev–Trinajstić information content (AvgIpc) is 2.69. The van der Waals surface area contributed by atoms with Crippen LogP contribution in [0.15, 0.2) is 97.1 Å². The molecule has 0 saturated heterocycles. The van der Waals surface area contributed by atoms with E-state index in [9.17, 15) is 4.39 Å². The first-order chi connectivity index (χ1) is 12.3. The number of nitrogens with zero attached hydrogens (tertiary/aromatic N) is 1. The van der Waals surface area contributed by atoms with Crippen LogP contribution < -0.4 is 0 Å². The van der Waals surface area contributed by atoms with Crippen molar-refractivity contribution < 1.29 is 4.39 Å². The first-order valence-electron chi connectivity index (χ1n) is 8.19. The zero-order chi connectivity index (χ0) is 17.1. The average molecular weight is 325 g/mol. The summed E-state index contributed by atoms with van der Waals surface area (Å²) in [6.07, 6.45) is 0. The molecule has 0 aliphatic heterocycles. The monoisotopic (exact) mass is 325 g/mol. The molecule has 0 radical (unpaired) electrons. The fourth-order valence-electron chi connectivity index (χ4n) is 2.91. The Balaban J connectivity index is 1.91. The van der Waals surface area contributed by atoms with Crippen molar-refractivity contribution in [2.75, 3.05) is 0 Å². The van der Waals surface area contributed by atoms with E-state index in [4.69, 9.17) is 4.98 Å². The van der Waals surface area contributed by atoms with E-state index in [1.807, 2.05) is 54.6 Å². The molecule has 1 aromatic heterocycles. The molecular formula is C23H16FN. The third kappa shape index (κ3) is 3.20. The molecule has 4 rings (SSSR count). The van der Waals surface area contributed by atoms with Crippen LogP contribution in [0.2, 0.25) is 0 Å². The van der Waals surface area contributed by atoms with Gasteiger partial charge in [0.1, 0.15) is 5.82 Å². The zero-order valence-corrected chi connectivity index (χ0v) is 13.6. The lowest BCUT2D eigenvalue weighted by Crippen LogP contribution is -1.93. The second-order valence-corrected chi connectivity index (χ2v) is 5.83. The molecule has 0 fully saturated rings. The summed E-state index contributed by atoms with van der Waals surface area (Å²) < 4.78 is 13.3. The molecule has 0 aliphatic rings. The molecule has 0 unspecified atom stereocenters. The number of hydrogen-bond donors (Lipinski definition) is 0. The summed E-state index contributed by atoms with van der Waals surface area (Å²) in [6.45, 7) is 0. The zero-order valence-electron chi connectivity index (χ0n) is 13.6. The van der Waals surface area contributed by atoms with Gasteiger partial charge in [-0.25, -0.2) is 9.37 Å². The Kier molecular flexibility index (Phi) is 4.09. The molecule has 1 nitrogen and oxygen atoms in total. The Morgan fingerprint density at radius 2 is 1.12 bits per heavy atom. The summed E-state index contributed by atoms with van der Waals surface area (Å²) in [6, 6.07) is 30.8. The molecule has 0 spiro atoms. The van der Waals surface area contributed by atoms with Gasteiger partial charge in [0.05, 0.1) is 11.4 Å². The highest BCUT2D eigenvalue weighted by atomic mass is 19.1. The molecule has 120 valence electrons. The van der Waals surface area contributed by atoms with Gasteiger partial charge in [-0.3, -0.25) is 0 Å². The van der Waals surface area contributed by atoms with Crippen molar-refractivity contribution in [3.05, 3.63) is 103 Å². The summed E-state index contributed by atoms with van der Waals surface area (Å²) in [7, 11) is 0. The topological polar surface area (TPSA) is 12.9 Å². The van der Waals surface area contributed by atoms with Crippen LogP contribution >= 0.6 is 0 Å². The van der Waals surface area contributed by atoms with Crippen LogP contribution in [0.1, 0.15) is 0 Å². The van der Waals surface area contributed by atoms with Gasteiger partial charge in [-0.15, -0.1) is 0 Å². The standard InChI is InChI=1S/C23H16FN/c24-20-13-11-19(12-14-20)23-21(17-7-3-1-4-8-17)15-16-22(25-23)18-9-5-2-6-10-18/h1-16H. The molecule has 4 aromatic rings. The van der Waals surface area contributed by atoms with E-state index in [-0.39, 0.29) is 5.82 Å². The van der Waals surface area contributed by atoms with Crippen LogP contribution in [0.4, 0.5) is 4.39 Å². The fourth-order valence-corrected chi connectivity index (χ4v) is 2.91. The number of halogens is 1. The molecular weight excluding hydrogens is 309 g/mol. The lowest BCUT2D eigenvalue weighted by Gasteiger charge is -2.12. The first kappa shape index (κ1) is 15.3. The Morgan fingerprint density at radius 1 is 0.520 bits per heavy atom. The summed E-state index contributed by atoms with van der Waals surface area (Å²) in [4.78, 5) is 4.90. The second kappa shape index (κ2) is 6.70. The molecule has 3 aromatic carbocycles. The van der Waals surface area contributed by atoms with Crippen LogP contribution in [0.25, 0.3) is 33.6 Å². The lowest BCUT2D eigenvalue weighted by molar-refractivity contribution is 0.628. The van der Waals surface area contributed by atoms with E-state index in [0.717, 1.165) is 33.6 Å². The van der Waals surface area contributed by atoms with Crippen LogP contribution in [0, 0.1) is 5.82 Å². The van der Waals surface area contributed by atoms with Crippen LogP contribution in [-0.2, 0) is 0 Å². The molecule has 0 atom stereocenters. The third-order valence-corrected chi connectivity index (χ3v) is 4.17. The van der Waals surface area contributed by atoms with Crippen molar-refractivity contribution in [2.45, 2.75) is 0 Å². The summed E-state index contributed by atoms with van der Waals surface area (Å²) in [5.74, 6) is -0.246. The third-order valence-electron chi connectivity index (χ3n) is 4.17. The van der Waals surface area contributed by atoms with E-state index in [1.54, 1.807) is 12.1 Å². The molecule has 0 amide bonds. The maximum atomic E-state index is 13.3. The highest BCUT2D eigenvalue weighted by Crippen LogP contribution is 2.33.